The number of nitrogens with zero attached hydrogens (tertiary/aromatic N) is 2. The van der Waals surface area contributed by atoms with Crippen molar-refractivity contribution in [3.63, 3.8) is 0 Å². The summed E-state index contributed by atoms with van der Waals surface area (Å²) in [5.74, 6) is -1.57. The number of amides is 2. The number of hydrogen-bond donors (Lipinski definition) is 1. The van der Waals surface area contributed by atoms with Crippen LogP contribution in [0.25, 0.3) is 0 Å². The van der Waals surface area contributed by atoms with Crippen LogP contribution in [0.1, 0.15) is 32.3 Å². The summed E-state index contributed by atoms with van der Waals surface area (Å²) in [6, 6.07) is 16.3. The Kier molecular flexibility index (Phi) is 10.7. The molecule has 0 spiro atoms. The van der Waals surface area contributed by atoms with Crippen LogP contribution in [0.15, 0.2) is 77.7 Å². The summed E-state index contributed by atoms with van der Waals surface area (Å²) in [6.45, 7) is 3.35. The number of sulfonamides is 1. The summed E-state index contributed by atoms with van der Waals surface area (Å²) in [4.78, 5) is 28.0. The highest BCUT2D eigenvalue weighted by molar-refractivity contribution is 7.92. The Hall–Kier alpha value is -3.14. The third-order valence-corrected chi connectivity index (χ3v) is 8.59. The molecule has 0 aliphatic rings. The van der Waals surface area contributed by atoms with E-state index in [4.69, 9.17) is 23.2 Å². The molecule has 208 valence electrons. The van der Waals surface area contributed by atoms with E-state index in [9.17, 15) is 22.4 Å². The number of unbranched alkanes of at least 4 members (excludes halogenated alkanes) is 1. The molecule has 0 unspecified atom stereocenters. The van der Waals surface area contributed by atoms with Crippen LogP contribution in [0, 0.1) is 5.82 Å². The molecule has 0 bridgehead atoms. The molecule has 0 saturated carbocycles. The number of carbonyl (C=O) groups excluding carboxylic acids is 2. The fourth-order valence-corrected chi connectivity index (χ4v) is 5.57. The van der Waals surface area contributed by atoms with E-state index in [1.54, 1.807) is 43.3 Å². The van der Waals surface area contributed by atoms with Crippen LogP contribution in [0.2, 0.25) is 10.0 Å². The first-order valence-electron chi connectivity index (χ1n) is 12.4. The van der Waals surface area contributed by atoms with Crippen LogP contribution < -0.4 is 9.62 Å². The van der Waals surface area contributed by atoms with Gasteiger partial charge in [-0.1, -0.05) is 60.8 Å². The lowest BCUT2D eigenvalue weighted by Gasteiger charge is -2.32. The second kappa shape index (κ2) is 13.8. The van der Waals surface area contributed by atoms with Gasteiger partial charge in [0, 0.05) is 13.1 Å². The lowest BCUT2D eigenvalue weighted by atomic mass is 10.1. The molecule has 3 aromatic rings. The molecule has 3 rings (SSSR count). The van der Waals surface area contributed by atoms with E-state index in [2.05, 4.69) is 5.32 Å². The summed E-state index contributed by atoms with van der Waals surface area (Å²) < 4.78 is 41.9. The van der Waals surface area contributed by atoms with Crippen molar-refractivity contribution < 1.29 is 22.4 Å². The maximum Gasteiger partial charge on any atom is 0.264 e. The SMILES string of the molecule is CCCCNC(=O)[C@@H](C)N(Cc1ccc(Cl)c(Cl)c1)C(=O)CN(c1ccc(F)cc1)S(=O)(=O)c1ccccc1. The Morgan fingerprint density at radius 3 is 2.26 bits per heavy atom. The quantitative estimate of drug-likeness (QED) is 0.274. The molecule has 1 N–H and O–H groups in total. The van der Waals surface area contributed by atoms with Gasteiger partial charge in [0.2, 0.25) is 11.8 Å². The minimum Gasteiger partial charge on any atom is -0.354 e. The first-order chi connectivity index (χ1) is 18.5. The second-order valence-electron chi connectivity index (χ2n) is 8.89. The Bertz CT molecular complexity index is 1390. The summed E-state index contributed by atoms with van der Waals surface area (Å²) in [5.41, 5.74) is 0.702. The zero-order valence-corrected chi connectivity index (χ0v) is 23.9. The van der Waals surface area contributed by atoms with Gasteiger partial charge in [0.25, 0.3) is 10.0 Å². The number of halogens is 3. The van der Waals surface area contributed by atoms with Crippen LogP contribution in [0.3, 0.4) is 0 Å². The maximum atomic E-state index is 13.8. The molecule has 0 saturated heterocycles. The fourth-order valence-electron chi connectivity index (χ4n) is 3.81. The average molecular weight is 595 g/mol. The number of benzene rings is 3. The average Bonchev–Trinajstić information content (AvgIpc) is 2.93. The Balaban J connectivity index is 1.99. The van der Waals surface area contributed by atoms with E-state index < -0.39 is 34.3 Å². The van der Waals surface area contributed by atoms with Crippen molar-refractivity contribution in [3.05, 3.63) is 94.2 Å². The van der Waals surface area contributed by atoms with Gasteiger partial charge in [0.15, 0.2) is 0 Å². The predicted octanol–water partition coefficient (Wildman–Crippen LogP) is 5.66. The van der Waals surface area contributed by atoms with Crippen molar-refractivity contribution >= 4 is 50.7 Å². The molecule has 0 aliphatic carbocycles. The van der Waals surface area contributed by atoms with Crippen LogP contribution >= 0.6 is 23.2 Å². The molecule has 2 amide bonds. The number of carbonyl (C=O) groups is 2. The van der Waals surface area contributed by atoms with Gasteiger partial charge in [-0.15, -0.1) is 0 Å². The Labute approximate surface area is 238 Å². The van der Waals surface area contributed by atoms with Crippen LogP contribution in [0.4, 0.5) is 10.1 Å². The first kappa shape index (κ1) is 30.4. The summed E-state index contributed by atoms with van der Waals surface area (Å²) in [5, 5.41) is 3.43. The fraction of sp³-hybridized carbons (Fsp3) is 0.286. The molecule has 1 atom stereocenters. The van der Waals surface area contributed by atoms with Gasteiger partial charge in [-0.3, -0.25) is 13.9 Å². The topological polar surface area (TPSA) is 86.8 Å². The van der Waals surface area contributed by atoms with Gasteiger partial charge in [-0.25, -0.2) is 12.8 Å². The van der Waals surface area contributed by atoms with E-state index in [0.29, 0.717) is 17.1 Å². The van der Waals surface area contributed by atoms with Crippen molar-refractivity contribution in [2.45, 2.75) is 44.2 Å². The second-order valence-corrected chi connectivity index (χ2v) is 11.6. The molecule has 7 nitrogen and oxygen atoms in total. The van der Waals surface area contributed by atoms with E-state index in [-0.39, 0.29) is 28.1 Å². The monoisotopic (exact) mass is 593 g/mol. The van der Waals surface area contributed by atoms with Gasteiger partial charge in [-0.05, 0) is 67.4 Å². The number of hydrogen-bond acceptors (Lipinski definition) is 4. The zero-order chi connectivity index (χ0) is 28.6. The first-order valence-corrected chi connectivity index (χ1v) is 14.6. The van der Waals surface area contributed by atoms with Crippen molar-refractivity contribution in [1.29, 1.82) is 0 Å². The molecule has 0 aromatic heterocycles. The third-order valence-electron chi connectivity index (χ3n) is 6.06. The minimum absolute atomic E-state index is 0.0271. The number of anilines is 1. The van der Waals surface area contributed by atoms with Crippen LogP contribution in [-0.2, 0) is 26.2 Å². The molecule has 39 heavy (non-hydrogen) atoms. The van der Waals surface area contributed by atoms with E-state index in [1.807, 2.05) is 6.92 Å². The molecule has 3 aromatic carbocycles. The molecule has 0 aliphatic heterocycles. The lowest BCUT2D eigenvalue weighted by Crippen LogP contribution is -2.51. The van der Waals surface area contributed by atoms with Gasteiger partial charge >= 0.3 is 0 Å². The molecule has 0 radical (unpaired) electrons. The summed E-state index contributed by atoms with van der Waals surface area (Å²) >= 11 is 12.2. The molecule has 0 fully saturated rings. The molecule has 0 heterocycles. The Morgan fingerprint density at radius 1 is 0.974 bits per heavy atom. The largest absolute Gasteiger partial charge is 0.354 e. The number of nitrogens with one attached hydrogen (secondary N) is 1. The van der Waals surface area contributed by atoms with Gasteiger partial charge in [-0.2, -0.15) is 0 Å². The summed E-state index contributed by atoms with van der Waals surface area (Å²) in [7, 11) is -4.22. The van der Waals surface area contributed by atoms with Gasteiger partial charge in [0.1, 0.15) is 18.4 Å². The highest BCUT2D eigenvalue weighted by atomic mass is 35.5. The van der Waals surface area contributed by atoms with Crippen LogP contribution in [0.5, 0.6) is 0 Å². The normalized spacial score (nSPS) is 12.0. The standard InChI is InChI=1S/C28H30Cl2FN3O4S/c1-3-4-16-32-28(36)20(2)33(18-21-10-15-25(29)26(30)17-21)27(35)19-34(23-13-11-22(31)12-14-23)39(37,38)24-8-6-5-7-9-24/h5-15,17,20H,3-4,16,18-19H2,1-2H3,(H,32,36)/t20-/m1/s1. The van der Waals surface area contributed by atoms with Crippen molar-refractivity contribution in [3.8, 4) is 0 Å². The zero-order valence-electron chi connectivity index (χ0n) is 21.6. The molecular formula is C28H30Cl2FN3O4S. The number of rotatable bonds is 12. The van der Waals surface area contributed by atoms with Gasteiger partial charge < -0.3 is 10.2 Å². The smallest absolute Gasteiger partial charge is 0.264 e. The maximum absolute atomic E-state index is 13.8. The van der Waals surface area contributed by atoms with Crippen molar-refractivity contribution in [1.82, 2.24) is 10.2 Å². The van der Waals surface area contributed by atoms with Crippen molar-refractivity contribution in [2.24, 2.45) is 0 Å². The van der Waals surface area contributed by atoms with Gasteiger partial charge in [0.05, 0.1) is 20.6 Å². The van der Waals surface area contributed by atoms with Crippen molar-refractivity contribution in [2.75, 3.05) is 17.4 Å². The molecule has 11 heteroatoms. The predicted molar refractivity (Wildman–Crippen MR) is 152 cm³/mol. The highest BCUT2D eigenvalue weighted by Crippen LogP contribution is 2.26. The highest BCUT2D eigenvalue weighted by Gasteiger charge is 2.32. The van der Waals surface area contributed by atoms with E-state index in [1.165, 1.54) is 29.2 Å². The van der Waals surface area contributed by atoms with Crippen LogP contribution in [-0.4, -0.2) is 44.3 Å². The van der Waals surface area contributed by atoms with E-state index in [0.717, 1.165) is 29.3 Å². The lowest BCUT2D eigenvalue weighted by molar-refractivity contribution is -0.139. The minimum atomic E-state index is -4.22. The summed E-state index contributed by atoms with van der Waals surface area (Å²) in [6.07, 6.45) is 1.65. The Morgan fingerprint density at radius 2 is 1.64 bits per heavy atom. The third kappa shape index (κ3) is 7.94. The molecular weight excluding hydrogens is 564 g/mol. The van der Waals surface area contributed by atoms with E-state index >= 15 is 0 Å².